The van der Waals surface area contributed by atoms with Crippen molar-refractivity contribution >= 4 is 11.6 Å². The fourth-order valence-electron chi connectivity index (χ4n) is 1.70. The van der Waals surface area contributed by atoms with Gasteiger partial charge in [-0.15, -0.1) is 0 Å². The Hall–Kier alpha value is -1.36. The molecule has 0 aromatic carbocycles. The SMILES string of the molecule is COCCC(C)Nc1cc(N)nc(C2CC2)n1. The van der Waals surface area contributed by atoms with E-state index >= 15 is 0 Å². The predicted octanol–water partition coefficient (Wildman–Crippen LogP) is 1.77. The van der Waals surface area contributed by atoms with E-state index in [1.807, 2.05) is 0 Å². The van der Waals surface area contributed by atoms with Crippen LogP contribution in [-0.4, -0.2) is 29.7 Å². The number of methoxy groups -OCH3 is 1. The van der Waals surface area contributed by atoms with Gasteiger partial charge >= 0.3 is 0 Å². The Balaban J connectivity index is 1.99. The molecule has 1 unspecified atom stereocenters. The molecule has 1 aliphatic carbocycles. The van der Waals surface area contributed by atoms with Gasteiger partial charge in [0.15, 0.2) is 0 Å². The van der Waals surface area contributed by atoms with E-state index in [1.165, 1.54) is 12.8 Å². The van der Waals surface area contributed by atoms with Gasteiger partial charge in [-0.25, -0.2) is 9.97 Å². The zero-order chi connectivity index (χ0) is 12.3. The van der Waals surface area contributed by atoms with Crippen LogP contribution >= 0.6 is 0 Å². The Morgan fingerprint density at radius 3 is 2.94 bits per heavy atom. The summed E-state index contributed by atoms with van der Waals surface area (Å²) in [4.78, 5) is 8.77. The fourth-order valence-corrected chi connectivity index (χ4v) is 1.70. The highest BCUT2D eigenvalue weighted by Gasteiger charge is 2.27. The van der Waals surface area contributed by atoms with E-state index in [4.69, 9.17) is 10.5 Å². The van der Waals surface area contributed by atoms with Gasteiger partial charge in [0, 0.05) is 31.7 Å². The van der Waals surface area contributed by atoms with Crippen molar-refractivity contribution in [3.05, 3.63) is 11.9 Å². The second-order valence-electron chi connectivity index (χ2n) is 4.64. The summed E-state index contributed by atoms with van der Waals surface area (Å²) in [6.07, 6.45) is 3.31. The van der Waals surface area contributed by atoms with Crippen LogP contribution in [0.1, 0.15) is 37.9 Å². The topological polar surface area (TPSA) is 73.1 Å². The quantitative estimate of drug-likeness (QED) is 0.787. The van der Waals surface area contributed by atoms with E-state index in [-0.39, 0.29) is 0 Å². The molecule has 0 bridgehead atoms. The molecule has 5 heteroatoms. The van der Waals surface area contributed by atoms with Gasteiger partial charge in [0.05, 0.1) is 0 Å². The van der Waals surface area contributed by atoms with Gasteiger partial charge in [0.2, 0.25) is 0 Å². The Morgan fingerprint density at radius 2 is 2.29 bits per heavy atom. The van der Waals surface area contributed by atoms with Crippen molar-refractivity contribution in [3.8, 4) is 0 Å². The normalized spacial score (nSPS) is 16.8. The molecule has 0 amide bonds. The van der Waals surface area contributed by atoms with Crippen LogP contribution in [0.3, 0.4) is 0 Å². The van der Waals surface area contributed by atoms with Crippen LogP contribution in [0.4, 0.5) is 11.6 Å². The van der Waals surface area contributed by atoms with Crippen molar-refractivity contribution in [2.45, 2.75) is 38.1 Å². The van der Waals surface area contributed by atoms with Crippen LogP contribution in [0.15, 0.2) is 6.07 Å². The van der Waals surface area contributed by atoms with Crippen molar-refractivity contribution in [1.82, 2.24) is 9.97 Å². The lowest BCUT2D eigenvalue weighted by Gasteiger charge is -2.14. The minimum Gasteiger partial charge on any atom is -0.385 e. The number of nitrogens with one attached hydrogen (secondary N) is 1. The zero-order valence-corrected chi connectivity index (χ0v) is 10.4. The second kappa shape index (κ2) is 5.31. The first-order valence-electron chi connectivity index (χ1n) is 6.09. The van der Waals surface area contributed by atoms with E-state index in [1.54, 1.807) is 13.2 Å². The van der Waals surface area contributed by atoms with Crippen molar-refractivity contribution in [2.75, 3.05) is 24.8 Å². The lowest BCUT2D eigenvalue weighted by atomic mass is 10.2. The van der Waals surface area contributed by atoms with Crippen LogP contribution in [0, 0.1) is 0 Å². The molecular formula is C12H20N4O. The molecule has 0 saturated heterocycles. The first-order chi connectivity index (χ1) is 8.19. The third-order valence-electron chi connectivity index (χ3n) is 2.86. The average molecular weight is 236 g/mol. The first kappa shape index (κ1) is 12.1. The highest BCUT2D eigenvalue weighted by molar-refractivity contribution is 5.45. The summed E-state index contributed by atoms with van der Waals surface area (Å²) in [5.74, 6) is 2.77. The average Bonchev–Trinajstić information content (AvgIpc) is 3.09. The van der Waals surface area contributed by atoms with Crippen molar-refractivity contribution < 1.29 is 4.74 Å². The Kier molecular flexibility index (Phi) is 3.78. The molecular weight excluding hydrogens is 216 g/mol. The summed E-state index contributed by atoms with van der Waals surface area (Å²) < 4.78 is 5.05. The molecule has 1 aromatic heterocycles. The molecule has 1 aromatic rings. The Bertz CT molecular complexity index is 379. The molecule has 94 valence electrons. The maximum absolute atomic E-state index is 5.79. The van der Waals surface area contributed by atoms with Gasteiger partial charge in [0.1, 0.15) is 17.5 Å². The third-order valence-corrected chi connectivity index (χ3v) is 2.86. The molecule has 0 aliphatic heterocycles. The van der Waals surface area contributed by atoms with E-state index in [9.17, 15) is 0 Å². The molecule has 2 rings (SSSR count). The molecule has 0 radical (unpaired) electrons. The largest absolute Gasteiger partial charge is 0.385 e. The summed E-state index contributed by atoms with van der Waals surface area (Å²) in [6.45, 7) is 2.85. The van der Waals surface area contributed by atoms with Crippen LogP contribution in [-0.2, 0) is 4.74 Å². The predicted molar refractivity (Wildman–Crippen MR) is 68.0 cm³/mol. The number of anilines is 2. The van der Waals surface area contributed by atoms with Crippen molar-refractivity contribution in [3.63, 3.8) is 0 Å². The second-order valence-corrected chi connectivity index (χ2v) is 4.64. The Labute approximate surface area is 102 Å². The summed E-state index contributed by atoms with van der Waals surface area (Å²) in [7, 11) is 1.71. The highest BCUT2D eigenvalue weighted by Crippen LogP contribution is 2.38. The number of ether oxygens (including phenoxy) is 1. The maximum atomic E-state index is 5.79. The van der Waals surface area contributed by atoms with E-state index < -0.39 is 0 Å². The molecule has 1 saturated carbocycles. The minimum absolute atomic E-state index is 0.316. The van der Waals surface area contributed by atoms with Crippen LogP contribution in [0.2, 0.25) is 0 Å². The number of aromatic nitrogens is 2. The molecule has 5 nitrogen and oxygen atoms in total. The molecule has 1 atom stereocenters. The summed E-state index contributed by atoms with van der Waals surface area (Å²) in [5, 5.41) is 3.33. The Morgan fingerprint density at radius 1 is 1.53 bits per heavy atom. The number of rotatable bonds is 6. The van der Waals surface area contributed by atoms with Gasteiger partial charge in [0.25, 0.3) is 0 Å². The lowest BCUT2D eigenvalue weighted by Crippen LogP contribution is -2.18. The van der Waals surface area contributed by atoms with E-state index in [2.05, 4.69) is 22.2 Å². The number of nitrogen functional groups attached to an aromatic ring is 1. The van der Waals surface area contributed by atoms with Crippen LogP contribution in [0.5, 0.6) is 0 Å². The number of nitrogens with zero attached hydrogens (tertiary/aromatic N) is 2. The number of hydrogen-bond donors (Lipinski definition) is 2. The molecule has 0 spiro atoms. The number of nitrogens with two attached hydrogens (primary N) is 1. The molecule has 17 heavy (non-hydrogen) atoms. The molecule has 1 aliphatic rings. The van der Waals surface area contributed by atoms with Gasteiger partial charge in [-0.05, 0) is 26.2 Å². The smallest absolute Gasteiger partial charge is 0.136 e. The highest BCUT2D eigenvalue weighted by atomic mass is 16.5. The zero-order valence-electron chi connectivity index (χ0n) is 10.4. The lowest BCUT2D eigenvalue weighted by molar-refractivity contribution is 0.191. The standard InChI is InChI=1S/C12H20N4O/c1-8(5-6-17-2)14-11-7-10(13)15-12(16-11)9-3-4-9/h7-9H,3-6H2,1-2H3,(H3,13,14,15,16). The van der Waals surface area contributed by atoms with Crippen molar-refractivity contribution in [1.29, 1.82) is 0 Å². The van der Waals surface area contributed by atoms with Crippen LogP contribution in [0.25, 0.3) is 0 Å². The number of hydrogen-bond acceptors (Lipinski definition) is 5. The van der Waals surface area contributed by atoms with Crippen molar-refractivity contribution in [2.24, 2.45) is 0 Å². The third kappa shape index (κ3) is 3.56. The van der Waals surface area contributed by atoms with Gasteiger partial charge in [-0.3, -0.25) is 0 Å². The minimum atomic E-state index is 0.316. The van der Waals surface area contributed by atoms with Gasteiger partial charge in [-0.1, -0.05) is 0 Å². The monoisotopic (exact) mass is 236 g/mol. The summed E-state index contributed by atoms with van der Waals surface area (Å²) >= 11 is 0. The van der Waals surface area contributed by atoms with Gasteiger partial charge < -0.3 is 15.8 Å². The van der Waals surface area contributed by atoms with Crippen LogP contribution < -0.4 is 11.1 Å². The van der Waals surface area contributed by atoms with E-state index in [0.29, 0.717) is 17.8 Å². The maximum Gasteiger partial charge on any atom is 0.136 e. The first-order valence-corrected chi connectivity index (χ1v) is 6.09. The molecule has 1 fully saturated rings. The van der Waals surface area contributed by atoms with Gasteiger partial charge in [-0.2, -0.15) is 0 Å². The summed E-state index contributed by atoms with van der Waals surface area (Å²) in [6, 6.07) is 2.10. The fraction of sp³-hybridized carbons (Fsp3) is 0.667. The van der Waals surface area contributed by atoms with E-state index in [0.717, 1.165) is 24.7 Å². The molecule has 1 heterocycles. The molecule has 3 N–H and O–H groups in total. The summed E-state index contributed by atoms with van der Waals surface area (Å²) in [5.41, 5.74) is 5.79.